The summed E-state index contributed by atoms with van der Waals surface area (Å²) in [4.78, 5) is 48.8. The first-order valence-electron chi connectivity index (χ1n) is 11.1. The number of hydrogen-bond donors (Lipinski definition) is 2. The van der Waals surface area contributed by atoms with Crippen molar-refractivity contribution in [2.45, 2.75) is 19.3 Å². The molecule has 2 aromatic rings. The third-order valence-electron chi connectivity index (χ3n) is 6.55. The van der Waals surface area contributed by atoms with E-state index >= 15 is 0 Å². The third-order valence-corrected chi connectivity index (χ3v) is 7.04. The molecule has 0 radical (unpaired) electrons. The maximum absolute atomic E-state index is 12.7. The van der Waals surface area contributed by atoms with Crippen molar-refractivity contribution in [2.75, 3.05) is 38.1 Å². The molecule has 10 nitrogen and oxygen atoms in total. The molecule has 0 bridgehead atoms. The number of aromatic nitrogens is 3. The molecule has 0 aliphatic carbocycles. The number of likely N-dealkylation sites (tertiary alicyclic amines) is 2. The number of piperidine rings is 1. The van der Waals surface area contributed by atoms with E-state index < -0.39 is 12.0 Å². The van der Waals surface area contributed by atoms with Gasteiger partial charge in [0.25, 0.3) is 0 Å². The molecule has 5 heterocycles. The standard InChI is InChI=1S/C23H24N6O4S/c30-11-20(32)29-12-23(13-29)9-17-7-16(10-24-21(17)26-22(23)33)1-2-19(31)28-5-3-15(4-6-28)8-18-25-14-34-27-18/h1-2,7-8,10,14,30H,3-6,9,11-13H2,(H,24,26,33)/b2-1+. The molecule has 3 amide bonds. The molecule has 5 rings (SSSR count). The number of aliphatic hydroxyl groups is 1. The van der Waals surface area contributed by atoms with Crippen molar-refractivity contribution >= 4 is 47.2 Å². The maximum atomic E-state index is 12.7. The van der Waals surface area contributed by atoms with Gasteiger partial charge in [0.2, 0.25) is 17.7 Å². The average Bonchev–Trinajstić information content (AvgIpc) is 3.33. The van der Waals surface area contributed by atoms with E-state index in [9.17, 15) is 14.4 Å². The lowest BCUT2D eigenvalue weighted by atomic mass is 9.72. The van der Waals surface area contributed by atoms with E-state index in [0.717, 1.165) is 29.8 Å². The van der Waals surface area contributed by atoms with Crippen LogP contribution in [0.15, 0.2) is 29.4 Å². The molecule has 2 saturated heterocycles. The molecule has 3 aliphatic heterocycles. The highest BCUT2D eigenvalue weighted by Crippen LogP contribution is 2.40. The molecule has 0 saturated carbocycles. The number of nitrogens with zero attached hydrogens (tertiary/aromatic N) is 5. The molecule has 1 spiro atoms. The van der Waals surface area contributed by atoms with Gasteiger partial charge in [-0.15, -0.1) is 0 Å². The first-order chi connectivity index (χ1) is 16.5. The largest absolute Gasteiger partial charge is 0.387 e. The minimum atomic E-state index is -0.690. The van der Waals surface area contributed by atoms with Gasteiger partial charge in [-0.2, -0.15) is 4.37 Å². The minimum Gasteiger partial charge on any atom is -0.387 e. The van der Waals surface area contributed by atoms with Gasteiger partial charge < -0.3 is 20.2 Å². The number of anilines is 1. The SMILES string of the molecule is O=C(/C=C/c1cnc2c(c1)CC1(CN(C(=O)CO)C1)C(=O)N2)N1CCC(=Cc2ncsn2)CC1. The van der Waals surface area contributed by atoms with Crippen molar-refractivity contribution < 1.29 is 19.5 Å². The summed E-state index contributed by atoms with van der Waals surface area (Å²) in [5.41, 5.74) is 3.90. The van der Waals surface area contributed by atoms with Crippen molar-refractivity contribution in [3.8, 4) is 0 Å². The van der Waals surface area contributed by atoms with E-state index in [1.165, 1.54) is 22.0 Å². The summed E-state index contributed by atoms with van der Waals surface area (Å²) in [6, 6.07) is 1.92. The van der Waals surface area contributed by atoms with E-state index in [1.54, 1.807) is 23.9 Å². The van der Waals surface area contributed by atoms with Crippen LogP contribution in [0.4, 0.5) is 5.82 Å². The van der Waals surface area contributed by atoms with Gasteiger partial charge in [-0.05, 0) is 60.1 Å². The van der Waals surface area contributed by atoms with Crippen LogP contribution in [0, 0.1) is 5.41 Å². The lowest BCUT2D eigenvalue weighted by Gasteiger charge is -2.50. The van der Waals surface area contributed by atoms with Crippen LogP contribution < -0.4 is 5.32 Å². The lowest BCUT2D eigenvalue weighted by Crippen LogP contribution is -2.66. The molecule has 176 valence electrons. The summed E-state index contributed by atoms with van der Waals surface area (Å²) < 4.78 is 4.20. The monoisotopic (exact) mass is 480 g/mol. The summed E-state index contributed by atoms with van der Waals surface area (Å²) in [5.74, 6) is 0.656. The molecule has 0 aromatic carbocycles. The number of carbonyl (C=O) groups excluding carboxylic acids is 3. The van der Waals surface area contributed by atoms with Crippen molar-refractivity contribution in [1.82, 2.24) is 24.1 Å². The minimum absolute atomic E-state index is 0.0505. The van der Waals surface area contributed by atoms with Crippen LogP contribution in [0.2, 0.25) is 0 Å². The fourth-order valence-electron chi connectivity index (χ4n) is 4.62. The van der Waals surface area contributed by atoms with Gasteiger partial charge in [0.05, 0.1) is 5.41 Å². The number of amides is 3. The Kier molecular flexibility index (Phi) is 5.96. The van der Waals surface area contributed by atoms with Gasteiger partial charge in [-0.25, -0.2) is 9.97 Å². The third kappa shape index (κ3) is 4.36. The van der Waals surface area contributed by atoms with Gasteiger partial charge in [0, 0.05) is 38.5 Å². The molecule has 34 heavy (non-hydrogen) atoms. The summed E-state index contributed by atoms with van der Waals surface area (Å²) in [7, 11) is 0. The molecular weight excluding hydrogens is 456 g/mol. The lowest BCUT2D eigenvalue weighted by molar-refractivity contribution is -0.153. The molecular formula is C23H24N6O4S. The molecule has 2 aromatic heterocycles. The van der Waals surface area contributed by atoms with Crippen molar-refractivity contribution in [2.24, 2.45) is 5.41 Å². The first-order valence-corrected chi connectivity index (χ1v) is 11.9. The highest BCUT2D eigenvalue weighted by atomic mass is 32.1. The van der Waals surface area contributed by atoms with Crippen molar-refractivity contribution in [3.05, 3.63) is 46.4 Å². The van der Waals surface area contributed by atoms with Crippen LogP contribution >= 0.6 is 11.5 Å². The van der Waals surface area contributed by atoms with E-state index in [2.05, 4.69) is 19.7 Å². The van der Waals surface area contributed by atoms with Gasteiger partial charge in [-0.1, -0.05) is 5.57 Å². The number of aliphatic hydroxyl groups excluding tert-OH is 1. The number of pyridine rings is 1. The molecule has 2 fully saturated rings. The summed E-state index contributed by atoms with van der Waals surface area (Å²) >= 11 is 1.32. The Morgan fingerprint density at radius 2 is 2.00 bits per heavy atom. The van der Waals surface area contributed by atoms with Crippen molar-refractivity contribution in [1.29, 1.82) is 0 Å². The van der Waals surface area contributed by atoms with E-state index in [1.807, 2.05) is 17.0 Å². The fraction of sp³-hybridized carbons (Fsp3) is 0.391. The molecule has 3 aliphatic rings. The number of fused-ring (bicyclic) bond motifs is 1. The molecule has 11 heteroatoms. The predicted molar refractivity (Wildman–Crippen MR) is 125 cm³/mol. The Morgan fingerprint density at radius 3 is 2.71 bits per heavy atom. The Labute approximate surface area is 200 Å². The van der Waals surface area contributed by atoms with Crippen molar-refractivity contribution in [3.63, 3.8) is 0 Å². The summed E-state index contributed by atoms with van der Waals surface area (Å²) in [6.07, 6.45) is 8.99. The van der Waals surface area contributed by atoms with Crippen LogP contribution in [-0.4, -0.2) is 79.8 Å². The van der Waals surface area contributed by atoms with E-state index in [-0.39, 0.29) is 30.8 Å². The first kappa shape index (κ1) is 22.4. The van der Waals surface area contributed by atoms with Crippen LogP contribution in [-0.2, 0) is 20.8 Å². The van der Waals surface area contributed by atoms with Gasteiger partial charge in [0.1, 0.15) is 17.9 Å². The highest BCUT2D eigenvalue weighted by molar-refractivity contribution is 7.03. The number of carbonyl (C=O) groups is 3. The van der Waals surface area contributed by atoms with E-state index in [0.29, 0.717) is 25.3 Å². The highest BCUT2D eigenvalue weighted by Gasteiger charge is 2.53. The molecule has 2 N–H and O–H groups in total. The second-order valence-electron chi connectivity index (χ2n) is 8.85. The van der Waals surface area contributed by atoms with Crippen LogP contribution in [0.1, 0.15) is 29.8 Å². The number of rotatable bonds is 4. The second-order valence-corrected chi connectivity index (χ2v) is 9.45. The Hall–Kier alpha value is -3.44. The number of hydrogen-bond acceptors (Lipinski definition) is 8. The molecule has 0 atom stereocenters. The van der Waals surface area contributed by atoms with Gasteiger partial charge in [-0.3, -0.25) is 14.4 Å². The zero-order valence-corrected chi connectivity index (χ0v) is 19.3. The van der Waals surface area contributed by atoms with Crippen LogP contribution in [0.25, 0.3) is 12.2 Å². The Bertz CT molecular complexity index is 1180. The summed E-state index contributed by atoms with van der Waals surface area (Å²) in [6.45, 7) is 1.30. The summed E-state index contributed by atoms with van der Waals surface area (Å²) in [5, 5.41) is 11.9. The number of nitrogens with one attached hydrogen (secondary N) is 1. The van der Waals surface area contributed by atoms with Gasteiger partial charge >= 0.3 is 0 Å². The fourth-order valence-corrected chi connectivity index (χ4v) is 5.03. The maximum Gasteiger partial charge on any atom is 0.248 e. The van der Waals surface area contributed by atoms with Crippen LogP contribution in [0.5, 0.6) is 0 Å². The quantitative estimate of drug-likeness (QED) is 0.624. The zero-order chi connectivity index (χ0) is 23.7. The van der Waals surface area contributed by atoms with Gasteiger partial charge in [0.15, 0.2) is 5.82 Å². The topological polar surface area (TPSA) is 129 Å². The second kappa shape index (κ2) is 9.07. The Morgan fingerprint density at radius 1 is 1.21 bits per heavy atom. The Balaban J connectivity index is 1.20. The smallest absolute Gasteiger partial charge is 0.248 e. The average molecular weight is 481 g/mol. The normalized spacial score (nSPS) is 19.1. The van der Waals surface area contributed by atoms with E-state index in [4.69, 9.17) is 5.11 Å². The molecule has 0 unspecified atom stereocenters. The zero-order valence-electron chi connectivity index (χ0n) is 18.4. The van der Waals surface area contributed by atoms with Crippen LogP contribution in [0.3, 0.4) is 0 Å². The predicted octanol–water partition coefficient (Wildman–Crippen LogP) is 0.968.